The smallest absolute Gasteiger partial charge is 0.226 e. The lowest BCUT2D eigenvalue weighted by molar-refractivity contribution is 0.112. The highest BCUT2D eigenvalue weighted by Crippen LogP contribution is 2.30. The van der Waals surface area contributed by atoms with Crippen LogP contribution in [0.25, 0.3) is 11.3 Å². The summed E-state index contributed by atoms with van der Waals surface area (Å²) < 4.78 is 15.0. The van der Waals surface area contributed by atoms with Crippen molar-refractivity contribution >= 4 is 33.7 Å². The number of rotatable bonds is 6. The number of aromatic nitrogens is 1. The van der Waals surface area contributed by atoms with Crippen LogP contribution in [0.2, 0.25) is 0 Å². The van der Waals surface area contributed by atoms with Gasteiger partial charge in [0.25, 0.3) is 0 Å². The molecule has 1 unspecified atom stereocenters. The van der Waals surface area contributed by atoms with E-state index in [0.717, 1.165) is 16.8 Å². The number of hydrogen-bond acceptors (Lipinski definition) is 4. The molecule has 0 spiro atoms. The Bertz CT molecular complexity index is 734. The number of carbonyl (C=O) groups is 1. The van der Waals surface area contributed by atoms with E-state index in [2.05, 4.69) is 9.71 Å². The number of benzene rings is 1. The fourth-order valence-electron chi connectivity index (χ4n) is 1.74. The monoisotopic (exact) mass is 333 g/mol. The van der Waals surface area contributed by atoms with Gasteiger partial charge in [0.2, 0.25) is 5.13 Å². The minimum atomic E-state index is -1.76. The van der Waals surface area contributed by atoms with Gasteiger partial charge >= 0.3 is 0 Å². The van der Waals surface area contributed by atoms with Crippen molar-refractivity contribution in [1.29, 1.82) is 0 Å². The van der Waals surface area contributed by atoms with Gasteiger partial charge in [0.1, 0.15) is 0 Å². The molecule has 0 saturated heterocycles. The maximum absolute atomic E-state index is 12.2. The molecule has 1 N–H and O–H groups in total. The Kier molecular flexibility index (Phi) is 5.80. The van der Waals surface area contributed by atoms with Crippen molar-refractivity contribution in [1.82, 2.24) is 4.98 Å². The van der Waals surface area contributed by atoms with Crippen LogP contribution in [0, 0.1) is 0 Å². The second kappa shape index (κ2) is 7.82. The van der Waals surface area contributed by atoms with Crippen LogP contribution in [0.3, 0.4) is 0 Å². The molecule has 114 valence electrons. The van der Waals surface area contributed by atoms with E-state index in [-0.39, 0.29) is 0 Å². The first-order valence-corrected chi connectivity index (χ1v) is 8.78. The molecular formula is C16H17N2O2S2+. The number of aldehydes is 1. The molecule has 0 amide bonds. The lowest BCUT2D eigenvalue weighted by Gasteiger charge is -1.96. The van der Waals surface area contributed by atoms with Crippen LogP contribution in [0.15, 0.2) is 53.5 Å². The molecule has 0 saturated carbocycles. The van der Waals surface area contributed by atoms with Crippen molar-refractivity contribution in [3.05, 3.63) is 58.3 Å². The molecule has 0 bridgehead atoms. The Morgan fingerprint density at radius 3 is 2.68 bits per heavy atom. The van der Waals surface area contributed by atoms with Crippen LogP contribution < -0.4 is 4.72 Å². The Labute approximate surface area is 136 Å². The van der Waals surface area contributed by atoms with Crippen LogP contribution in [0.5, 0.6) is 0 Å². The van der Waals surface area contributed by atoms with Crippen molar-refractivity contribution in [2.45, 2.75) is 13.8 Å². The highest BCUT2D eigenvalue weighted by molar-refractivity contribution is 7.90. The molecule has 0 aliphatic heterocycles. The second-order valence-corrected chi connectivity index (χ2v) is 7.00. The summed E-state index contributed by atoms with van der Waals surface area (Å²) >= 11 is 1.20. The molecule has 6 heteroatoms. The average molecular weight is 333 g/mol. The van der Waals surface area contributed by atoms with E-state index >= 15 is 0 Å². The molecule has 2 aromatic rings. The lowest BCUT2D eigenvalue weighted by Crippen LogP contribution is -2.03. The van der Waals surface area contributed by atoms with Gasteiger partial charge in [-0.3, -0.25) is 4.79 Å². The zero-order valence-corrected chi connectivity index (χ0v) is 14.0. The number of anilines is 1. The summed E-state index contributed by atoms with van der Waals surface area (Å²) in [7, 11) is -1.76. The third-order valence-electron chi connectivity index (χ3n) is 2.86. The van der Waals surface area contributed by atoms with Crippen LogP contribution >= 0.6 is 11.3 Å². The Balaban J connectivity index is 2.25. The molecule has 22 heavy (non-hydrogen) atoms. The summed E-state index contributed by atoms with van der Waals surface area (Å²) in [5, 5.41) is 0.482. The number of carbonyl (C=O) groups excluding carboxylic acids is 1. The molecule has 4 nitrogen and oxygen atoms in total. The van der Waals surface area contributed by atoms with Gasteiger partial charge in [-0.2, -0.15) is 4.72 Å². The van der Waals surface area contributed by atoms with E-state index in [1.165, 1.54) is 11.3 Å². The van der Waals surface area contributed by atoms with E-state index in [1.54, 1.807) is 13.0 Å². The second-order valence-electron chi connectivity index (χ2n) is 4.46. The van der Waals surface area contributed by atoms with Gasteiger partial charge in [0.05, 0.1) is 10.6 Å². The minimum absolute atomic E-state index is 0.482. The number of hydrogen-bond donors (Lipinski definition) is 1. The van der Waals surface area contributed by atoms with Gasteiger partial charge in [-0.1, -0.05) is 58.0 Å². The van der Waals surface area contributed by atoms with Crippen molar-refractivity contribution in [3.8, 4) is 11.3 Å². The number of thiol groups is 1. The summed E-state index contributed by atoms with van der Waals surface area (Å²) in [5.41, 5.74) is 1.48. The van der Waals surface area contributed by atoms with E-state index in [0.29, 0.717) is 15.7 Å². The molecule has 2 rings (SSSR count). The summed E-state index contributed by atoms with van der Waals surface area (Å²) in [5.74, 6) is 0. The maximum atomic E-state index is 12.2. The first-order valence-electron chi connectivity index (χ1n) is 6.70. The molecule has 0 fully saturated rings. The van der Waals surface area contributed by atoms with Crippen molar-refractivity contribution in [3.63, 3.8) is 0 Å². The van der Waals surface area contributed by atoms with E-state index in [9.17, 15) is 9.00 Å². The first-order chi connectivity index (χ1) is 10.7. The molecule has 0 aliphatic rings. The van der Waals surface area contributed by atoms with Crippen molar-refractivity contribution in [2.24, 2.45) is 0 Å². The number of nitrogens with zero attached hydrogens (tertiary/aromatic N) is 1. The summed E-state index contributed by atoms with van der Waals surface area (Å²) in [6.07, 6.45) is 6.27. The number of thiazole rings is 1. The highest BCUT2D eigenvalue weighted by atomic mass is 32.2. The molecule has 1 heterocycles. The molecule has 0 aliphatic carbocycles. The van der Waals surface area contributed by atoms with Crippen molar-refractivity contribution < 1.29 is 9.00 Å². The highest BCUT2D eigenvalue weighted by Gasteiger charge is 2.16. The first kappa shape index (κ1) is 16.3. The average Bonchev–Trinajstić information content (AvgIpc) is 2.96. The van der Waals surface area contributed by atoms with Crippen LogP contribution in [0.4, 0.5) is 5.13 Å². The third kappa shape index (κ3) is 3.99. The zero-order valence-electron chi connectivity index (χ0n) is 12.3. The fraction of sp³-hybridized carbons (Fsp3) is 0.125. The van der Waals surface area contributed by atoms with Crippen LogP contribution in [0.1, 0.15) is 23.5 Å². The number of allylic oxidation sites excluding steroid dienone is 4. The van der Waals surface area contributed by atoms with E-state index in [1.807, 2.05) is 49.4 Å². The van der Waals surface area contributed by atoms with Crippen LogP contribution in [-0.2, 0) is 15.2 Å². The van der Waals surface area contributed by atoms with E-state index in [4.69, 9.17) is 0 Å². The van der Waals surface area contributed by atoms with E-state index < -0.39 is 11.0 Å². The Hall–Kier alpha value is -2.05. The fourth-order valence-corrected chi connectivity index (χ4v) is 3.45. The third-order valence-corrected chi connectivity index (χ3v) is 5.11. The maximum Gasteiger partial charge on any atom is 0.226 e. The molecule has 1 atom stereocenters. The van der Waals surface area contributed by atoms with Gasteiger partial charge in [-0.25, -0.2) is 4.98 Å². The topological polar surface area (TPSA) is 59.1 Å². The predicted molar refractivity (Wildman–Crippen MR) is 94.6 cm³/mol. The molecular weight excluding hydrogens is 316 g/mol. The number of nitrogens with one attached hydrogen (secondary N) is 1. The predicted octanol–water partition coefficient (Wildman–Crippen LogP) is 4.13. The van der Waals surface area contributed by atoms with Gasteiger partial charge in [0, 0.05) is 12.5 Å². The lowest BCUT2D eigenvalue weighted by atomic mass is 10.1. The van der Waals surface area contributed by atoms with Crippen molar-refractivity contribution in [2.75, 3.05) is 4.72 Å². The molecule has 1 aromatic carbocycles. The normalized spacial score (nSPS) is 13.3. The quantitative estimate of drug-likeness (QED) is 0.374. The van der Waals surface area contributed by atoms with Crippen LogP contribution in [-0.4, -0.2) is 11.3 Å². The summed E-state index contributed by atoms with van der Waals surface area (Å²) in [4.78, 5) is 16.9. The standard InChI is InChI=1S/C16H16N2O2S2/c1-3-4-8-12(2)22(20)18-16-17-15(14(11-19)21-16)13-9-6-5-7-10-13/h3-11H,1-2H3,(H,17,18,20)/p+1/b4-3-,12-8+. The van der Waals surface area contributed by atoms with Gasteiger partial charge in [-0.05, 0) is 13.0 Å². The Morgan fingerprint density at radius 1 is 1.32 bits per heavy atom. The minimum Gasteiger partial charge on any atom is -0.297 e. The SMILES string of the molecule is C/C=C\C=C(/C)[SH+](=O)Nc1nc(-c2ccccc2)c(C=O)s1. The molecule has 1 aromatic heterocycles. The summed E-state index contributed by atoms with van der Waals surface area (Å²) in [6, 6.07) is 9.47. The molecule has 0 radical (unpaired) electrons. The summed E-state index contributed by atoms with van der Waals surface area (Å²) in [6.45, 7) is 3.69. The Morgan fingerprint density at radius 2 is 2.05 bits per heavy atom. The van der Waals surface area contributed by atoms with Gasteiger partial charge in [0.15, 0.2) is 22.2 Å². The zero-order chi connectivity index (χ0) is 15.9. The van der Waals surface area contributed by atoms with Gasteiger partial charge in [-0.15, -0.1) is 0 Å². The van der Waals surface area contributed by atoms with Gasteiger partial charge < -0.3 is 0 Å². The largest absolute Gasteiger partial charge is 0.297 e.